The Morgan fingerprint density at radius 2 is 1.70 bits per heavy atom. The van der Waals surface area contributed by atoms with Crippen molar-refractivity contribution in [3.05, 3.63) is 75.8 Å². The Balaban J connectivity index is 1.81. The van der Waals surface area contributed by atoms with Gasteiger partial charge in [0, 0.05) is 12.1 Å². The molecule has 0 saturated carbocycles. The lowest BCUT2D eigenvalue weighted by Crippen LogP contribution is -2.31. The Kier molecular flexibility index (Phi) is 6.52. The van der Waals surface area contributed by atoms with Gasteiger partial charge in [0.25, 0.3) is 11.6 Å². The quantitative estimate of drug-likeness (QED) is 0.315. The molecule has 0 aliphatic rings. The van der Waals surface area contributed by atoms with E-state index in [1.54, 1.807) is 24.3 Å². The zero-order chi connectivity index (χ0) is 24.3. The molecule has 1 N–H and O–H groups in total. The normalized spacial score (nSPS) is 12.2. The van der Waals surface area contributed by atoms with Crippen LogP contribution in [-0.4, -0.2) is 30.0 Å². The molecule has 0 saturated heterocycles. The number of anilines is 1. The highest BCUT2D eigenvalue weighted by Gasteiger charge is 2.36. The van der Waals surface area contributed by atoms with Crippen LogP contribution < -0.4 is 10.1 Å². The number of fused-ring (bicyclic) bond motifs is 1. The maximum atomic E-state index is 13.3. The molecule has 0 aliphatic heterocycles. The molecule has 1 unspecified atom stereocenters. The highest BCUT2D eigenvalue weighted by atomic mass is 19.4. The summed E-state index contributed by atoms with van der Waals surface area (Å²) in [6, 6.07) is 12.2. The maximum Gasteiger partial charge on any atom is 0.418 e. The number of rotatable bonds is 6. The molecule has 8 nitrogen and oxygen atoms in total. The van der Waals surface area contributed by atoms with E-state index in [1.165, 1.54) is 20.1 Å². The standard InChI is InChI=1S/C22H17F3N2O6/c1-12(20(28)26-18-8-7-15(27(30)31)11-17(18)22(23,24)25)33-21(29)16-9-13-5-3-4-6-14(13)10-19(16)32-2/h3-12H,1-2H3,(H,26,28). The van der Waals surface area contributed by atoms with E-state index in [4.69, 9.17) is 9.47 Å². The molecule has 0 spiro atoms. The summed E-state index contributed by atoms with van der Waals surface area (Å²) < 4.78 is 50.3. The number of carbonyl (C=O) groups excluding carboxylic acids is 2. The Bertz CT molecular complexity index is 1240. The second-order valence-corrected chi connectivity index (χ2v) is 6.92. The van der Waals surface area contributed by atoms with Gasteiger partial charge in [-0.05, 0) is 35.9 Å². The first kappa shape index (κ1) is 23.5. The summed E-state index contributed by atoms with van der Waals surface area (Å²) in [7, 11) is 1.35. The van der Waals surface area contributed by atoms with E-state index < -0.39 is 46.0 Å². The monoisotopic (exact) mass is 462 g/mol. The number of nitrogens with zero attached hydrogens (tertiary/aromatic N) is 1. The minimum absolute atomic E-state index is 0.0298. The molecule has 3 aromatic rings. The van der Waals surface area contributed by atoms with Gasteiger partial charge in [0.05, 0.1) is 23.3 Å². The molecular weight excluding hydrogens is 445 g/mol. The molecule has 0 aliphatic carbocycles. The summed E-state index contributed by atoms with van der Waals surface area (Å²) in [6.45, 7) is 1.18. The fraction of sp³-hybridized carbons (Fsp3) is 0.182. The number of methoxy groups -OCH3 is 1. The number of hydrogen-bond donors (Lipinski definition) is 1. The molecular formula is C22H17F3N2O6. The van der Waals surface area contributed by atoms with Crippen molar-refractivity contribution < 1.29 is 37.2 Å². The molecule has 0 fully saturated rings. The first-order valence-electron chi connectivity index (χ1n) is 9.45. The lowest BCUT2D eigenvalue weighted by molar-refractivity contribution is -0.385. The molecule has 3 aromatic carbocycles. The predicted octanol–water partition coefficient (Wildman–Crippen LogP) is 4.96. The first-order valence-corrected chi connectivity index (χ1v) is 9.45. The van der Waals surface area contributed by atoms with Crippen LogP contribution in [0.3, 0.4) is 0 Å². The number of non-ortho nitro benzene ring substituents is 1. The van der Waals surface area contributed by atoms with Crippen molar-refractivity contribution in [3.63, 3.8) is 0 Å². The predicted molar refractivity (Wildman–Crippen MR) is 112 cm³/mol. The Morgan fingerprint density at radius 3 is 2.27 bits per heavy atom. The van der Waals surface area contributed by atoms with E-state index in [0.717, 1.165) is 17.5 Å². The van der Waals surface area contributed by atoms with Gasteiger partial charge in [-0.2, -0.15) is 13.2 Å². The second-order valence-electron chi connectivity index (χ2n) is 6.92. The second kappa shape index (κ2) is 9.15. The maximum absolute atomic E-state index is 13.3. The van der Waals surface area contributed by atoms with Crippen molar-refractivity contribution in [2.75, 3.05) is 12.4 Å². The third-order valence-corrected chi connectivity index (χ3v) is 4.72. The molecule has 11 heteroatoms. The van der Waals surface area contributed by atoms with Crippen LogP contribution in [0.1, 0.15) is 22.8 Å². The van der Waals surface area contributed by atoms with Gasteiger partial charge < -0.3 is 14.8 Å². The largest absolute Gasteiger partial charge is 0.496 e. The highest BCUT2D eigenvalue weighted by Crippen LogP contribution is 2.37. The molecule has 1 amide bonds. The number of esters is 1. The Hall–Kier alpha value is -4.15. The zero-order valence-electron chi connectivity index (χ0n) is 17.3. The van der Waals surface area contributed by atoms with Crippen molar-refractivity contribution in [2.45, 2.75) is 19.2 Å². The van der Waals surface area contributed by atoms with Gasteiger partial charge >= 0.3 is 12.1 Å². The van der Waals surface area contributed by atoms with Crippen LogP contribution in [0.5, 0.6) is 5.75 Å². The van der Waals surface area contributed by atoms with Crippen LogP contribution in [0.4, 0.5) is 24.5 Å². The molecule has 172 valence electrons. The molecule has 33 heavy (non-hydrogen) atoms. The third-order valence-electron chi connectivity index (χ3n) is 4.72. The van der Waals surface area contributed by atoms with E-state index in [2.05, 4.69) is 0 Å². The Labute approximate surface area is 185 Å². The summed E-state index contributed by atoms with van der Waals surface area (Å²) in [5.41, 5.74) is -2.87. The average Bonchev–Trinajstić information content (AvgIpc) is 2.77. The van der Waals surface area contributed by atoms with Crippen molar-refractivity contribution in [3.8, 4) is 5.75 Å². The third kappa shape index (κ3) is 5.20. The number of carbonyl (C=O) groups is 2. The summed E-state index contributed by atoms with van der Waals surface area (Å²) in [6.07, 6.45) is -6.45. The minimum atomic E-state index is -4.97. The van der Waals surface area contributed by atoms with Gasteiger partial charge in [0.1, 0.15) is 11.3 Å². The Morgan fingerprint density at radius 1 is 1.06 bits per heavy atom. The van der Waals surface area contributed by atoms with E-state index >= 15 is 0 Å². The fourth-order valence-electron chi connectivity index (χ4n) is 3.05. The van der Waals surface area contributed by atoms with Gasteiger partial charge in [0.15, 0.2) is 6.10 Å². The van der Waals surface area contributed by atoms with Crippen molar-refractivity contribution in [2.24, 2.45) is 0 Å². The van der Waals surface area contributed by atoms with Crippen LogP contribution in [0.15, 0.2) is 54.6 Å². The number of hydrogen-bond acceptors (Lipinski definition) is 6. The molecule has 3 rings (SSSR count). The lowest BCUT2D eigenvalue weighted by Gasteiger charge is -2.17. The van der Waals surface area contributed by atoms with Gasteiger partial charge in [-0.15, -0.1) is 0 Å². The summed E-state index contributed by atoms with van der Waals surface area (Å²) in [4.78, 5) is 34.9. The van der Waals surface area contributed by atoms with Gasteiger partial charge in [0.2, 0.25) is 0 Å². The van der Waals surface area contributed by atoms with E-state index in [1.807, 2.05) is 11.4 Å². The van der Waals surface area contributed by atoms with Crippen LogP contribution in [0.2, 0.25) is 0 Å². The van der Waals surface area contributed by atoms with Crippen LogP contribution in [0, 0.1) is 10.1 Å². The molecule has 0 bridgehead atoms. The van der Waals surface area contributed by atoms with E-state index in [0.29, 0.717) is 11.5 Å². The summed E-state index contributed by atoms with van der Waals surface area (Å²) in [5, 5.41) is 14.3. The SMILES string of the molecule is COc1cc2ccccc2cc1C(=O)OC(C)C(=O)Nc1ccc([N+](=O)[O-])cc1C(F)(F)F. The highest BCUT2D eigenvalue weighted by molar-refractivity contribution is 6.01. The fourth-order valence-corrected chi connectivity index (χ4v) is 3.05. The van der Waals surface area contributed by atoms with Crippen LogP contribution in [-0.2, 0) is 15.7 Å². The zero-order valence-corrected chi connectivity index (χ0v) is 17.3. The number of nitro groups is 1. The van der Waals surface area contributed by atoms with Crippen molar-refractivity contribution in [1.82, 2.24) is 0 Å². The summed E-state index contributed by atoms with van der Waals surface area (Å²) >= 11 is 0. The van der Waals surface area contributed by atoms with Crippen LogP contribution in [0.25, 0.3) is 10.8 Å². The number of nitro benzene ring substituents is 1. The van der Waals surface area contributed by atoms with Crippen molar-refractivity contribution in [1.29, 1.82) is 0 Å². The van der Waals surface area contributed by atoms with Gasteiger partial charge in [-0.1, -0.05) is 24.3 Å². The topological polar surface area (TPSA) is 108 Å². The van der Waals surface area contributed by atoms with Gasteiger partial charge in [-0.3, -0.25) is 14.9 Å². The lowest BCUT2D eigenvalue weighted by atomic mass is 10.1. The van der Waals surface area contributed by atoms with E-state index in [-0.39, 0.29) is 11.3 Å². The number of benzene rings is 3. The molecule has 0 heterocycles. The average molecular weight is 462 g/mol. The van der Waals surface area contributed by atoms with E-state index in [9.17, 15) is 32.9 Å². The van der Waals surface area contributed by atoms with Gasteiger partial charge in [-0.25, -0.2) is 4.79 Å². The number of alkyl halides is 3. The number of nitrogens with one attached hydrogen (secondary N) is 1. The molecule has 1 atom stereocenters. The van der Waals surface area contributed by atoms with Crippen LogP contribution >= 0.6 is 0 Å². The molecule has 0 radical (unpaired) electrons. The smallest absolute Gasteiger partial charge is 0.418 e. The number of amides is 1. The number of halogens is 3. The number of ether oxygens (including phenoxy) is 2. The summed E-state index contributed by atoms with van der Waals surface area (Å²) in [5.74, 6) is -1.77. The minimum Gasteiger partial charge on any atom is -0.496 e. The van der Waals surface area contributed by atoms with Crippen molar-refractivity contribution >= 4 is 34.0 Å². The first-order chi connectivity index (χ1) is 15.5. The molecule has 0 aromatic heterocycles.